The molecule has 1 aromatic rings. The zero-order valence-electron chi connectivity index (χ0n) is 10.6. The molecule has 7 nitrogen and oxygen atoms in total. The molecule has 0 saturated carbocycles. The minimum Gasteiger partial charge on any atom is -0.346 e. The number of nitrogens with zero attached hydrogens (tertiary/aromatic N) is 3. The van der Waals surface area contributed by atoms with Crippen LogP contribution in [0.2, 0.25) is 0 Å². The third kappa shape index (κ3) is 3.76. The van der Waals surface area contributed by atoms with E-state index in [0.717, 1.165) is 13.0 Å². The Balaban J connectivity index is 1.68. The molecule has 1 fully saturated rings. The number of nitrogens with one attached hydrogen (secondary N) is 3. The first-order valence-electron chi connectivity index (χ1n) is 6.52. The molecule has 1 aliphatic heterocycles. The molecule has 2 heterocycles. The van der Waals surface area contributed by atoms with Crippen LogP contribution in [0.4, 0.5) is 0 Å². The number of aromatic nitrogens is 4. The van der Waals surface area contributed by atoms with Gasteiger partial charge in [-0.15, -0.1) is 10.2 Å². The first-order valence-corrected chi connectivity index (χ1v) is 6.52. The second-order valence-corrected chi connectivity index (χ2v) is 4.74. The molecule has 0 bridgehead atoms. The lowest BCUT2D eigenvalue weighted by atomic mass is 10.0. The summed E-state index contributed by atoms with van der Waals surface area (Å²) in [7, 11) is 0. The highest BCUT2D eigenvalue weighted by Crippen LogP contribution is 2.12. The van der Waals surface area contributed by atoms with Crippen molar-refractivity contribution in [3.05, 3.63) is 5.82 Å². The van der Waals surface area contributed by atoms with Crippen LogP contribution in [0.25, 0.3) is 0 Å². The lowest BCUT2D eigenvalue weighted by Crippen LogP contribution is -2.35. The Bertz CT molecular complexity index is 360. The lowest BCUT2D eigenvalue weighted by Gasteiger charge is -2.23. The third-order valence-electron chi connectivity index (χ3n) is 3.26. The number of carbonyl (C=O) groups excluding carboxylic acids is 1. The molecule has 18 heavy (non-hydrogen) atoms. The Morgan fingerprint density at radius 3 is 3.11 bits per heavy atom. The summed E-state index contributed by atoms with van der Waals surface area (Å²) in [5.74, 6) is 0.554. The molecule has 1 aliphatic rings. The Morgan fingerprint density at radius 1 is 1.56 bits per heavy atom. The quantitative estimate of drug-likeness (QED) is 0.700. The summed E-state index contributed by atoms with van der Waals surface area (Å²) in [5, 5.41) is 19.8. The van der Waals surface area contributed by atoms with Gasteiger partial charge in [0.1, 0.15) is 0 Å². The molecule has 1 saturated heterocycles. The molecule has 7 heteroatoms. The van der Waals surface area contributed by atoms with Crippen molar-refractivity contribution in [3.8, 4) is 0 Å². The topological polar surface area (TPSA) is 95.6 Å². The fourth-order valence-corrected chi connectivity index (χ4v) is 2.21. The number of amides is 1. The Labute approximate surface area is 106 Å². The predicted octanol–water partition coefficient (Wildman–Crippen LogP) is 0.299. The van der Waals surface area contributed by atoms with Crippen molar-refractivity contribution >= 4 is 5.91 Å². The van der Waals surface area contributed by atoms with Crippen LogP contribution in [0.15, 0.2) is 0 Å². The lowest BCUT2D eigenvalue weighted by molar-refractivity contribution is -0.122. The van der Waals surface area contributed by atoms with Crippen molar-refractivity contribution < 1.29 is 4.79 Å². The Morgan fingerprint density at radius 2 is 2.44 bits per heavy atom. The summed E-state index contributed by atoms with van der Waals surface area (Å²) in [5.41, 5.74) is 0. The van der Waals surface area contributed by atoms with Crippen molar-refractivity contribution in [2.75, 3.05) is 6.54 Å². The largest absolute Gasteiger partial charge is 0.346 e. The number of H-pyrrole nitrogens is 1. The number of tetrazole rings is 1. The van der Waals surface area contributed by atoms with Gasteiger partial charge in [0.05, 0.1) is 6.04 Å². The van der Waals surface area contributed by atoms with Crippen molar-refractivity contribution in [2.45, 2.75) is 51.1 Å². The number of hydrogen-bond acceptors (Lipinski definition) is 5. The number of carbonyl (C=O) groups is 1. The minimum atomic E-state index is -0.199. The maximum atomic E-state index is 11.8. The van der Waals surface area contributed by atoms with Gasteiger partial charge in [0.25, 0.3) is 0 Å². The summed E-state index contributed by atoms with van der Waals surface area (Å²) in [4.78, 5) is 11.8. The van der Waals surface area contributed by atoms with E-state index < -0.39 is 0 Å². The van der Waals surface area contributed by atoms with Gasteiger partial charge < -0.3 is 10.6 Å². The maximum Gasteiger partial charge on any atom is 0.220 e. The van der Waals surface area contributed by atoms with E-state index in [0.29, 0.717) is 18.3 Å². The van der Waals surface area contributed by atoms with Crippen LogP contribution >= 0.6 is 0 Å². The highest BCUT2D eigenvalue weighted by Gasteiger charge is 2.16. The Hall–Kier alpha value is -1.50. The second kappa shape index (κ2) is 6.44. The molecule has 2 unspecified atom stereocenters. The van der Waals surface area contributed by atoms with Gasteiger partial charge in [0.2, 0.25) is 5.91 Å². The fraction of sp³-hybridized carbons (Fsp3) is 0.818. The average molecular weight is 252 g/mol. The smallest absolute Gasteiger partial charge is 0.220 e. The van der Waals surface area contributed by atoms with Crippen molar-refractivity contribution in [2.24, 2.45) is 0 Å². The van der Waals surface area contributed by atoms with Crippen molar-refractivity contribution in [3.63, 3.8) is 0 Å². The van der Waals surface area contributed by atoms with Gasteiger partial charge in [0.15, 0.2) is 5.82 Å². The van der Waals surface area contributed by atoms with Gasteiger partial charge in [-0.3, -0.25) is 4.79 Å². The van der Waals surface area contributed by atoms with Crippen LogP contribution < -0.4 is 10.6 Å². The first-order chi connectivity index (χ1) is 8.75. The average Bonchev–Trinajstić information content (AvgIpc) is 2.91. The zero-order valence-corrected chi connectivity index (χ0v) is 10.6. The van der Waals surface area contributed by atoms with E-state index in [9.17, 15) is 4.79 Å². The normalized spacial score (nSPS) is 21.5. The fourth-order valence-electron chi connectivity index (χ4n) is 2.21. The van der Waals surface area contributed by atoms with Crippen LogP contribution in [-0.2, 0) is 4.79 Å². The molecule has 2 rings (SSSR count). The van der Waals surface area contributed by atoms with E-state index in [1.165, 1.54) is 19.3 Å². The summed E-state index contributed by atoms with van der Waals surface area (Å²) < 4.78 is 0. The van der Waals surface area contributed by atoms with Gasteiger partial charge >= 0.3 is 0 Å². The van der Waals surface area contributed by atoms with Crippen molar-refractivity contribution in [1.29, 1.82) is 0 Å². The highest BCUT2D eigenvalue weighted by atomic mass is 16.1. The van der Waals surface area contributed by atoms with E-state index in [2.05, 4.69) is 31.3 Å². The van der Waals surface area contributed by atoms with Crippen LogP contribution in [-0.4, -0.2) is 39.1 Å². The van der Waals surface area contributed by atoms with Crippen molar-refractivity contribution in [1.82, 2.24) is 31.3 Å². The third-order valence-corrected chi connectivity index (χ3v) is 3.26. The SMILES string of the molecule is CC(NC(=O)CCC1CCCCN1)c1nn[nH]n1. The first kappa shape index (κ1) is 12.9. The number of hydrogen-bond donors (Lipinski definition) is 3. The molecule has 0 radical (unpaired) electrons. The van der Waals surface area contributed by atoms with E-state index in [1.54, 1.807) is 0 Å². The monoisotopic (exact) mass is 252 g/mol. The molecular formula is C11H20N6O. The van der Waals surface area contributed by atoms with E-state index in [1.807, 2.05) is 6.92 Å². The summed E-state index contributed by atoms with van der Waals surface area (Å²) in [6.45, 7) is 2.92. The molecule has 100 valence electrons. The van der Waals surface area contributed by atoms with Gasteiger partial charge in [-0.25, -0.2) is 0 Å². The number of piperidine rings is 1. The number of aromatic amines is 1. The molecule has 1 aromatic heterocycles. The molecular weight excluding hydrogens is 232 g/mol. The van der Waals surface area contributed by atoms with Crippen LogP contribution in [0.5, 0.6) is 0 Å². The molecule has 0 aliphatic carbocycles. The van der Waals surface area contributed by atoms with Gasteiger partial charge in [-0.2, -0.15) is 5.21 Å². The van der Waals surface area contributed by atoms with Crippen LogP contribution in [0.3, 0.4) is 0 Å². The molecule has 3 N–H and O–H groups in total. The minimum absolute atomic E-state index is 0.0414. The Kier molecular flexibility index (Phi) is 4.63. The molecule has 2 atom stereocenters. The number of rotatable bonds is 5. The summed E-state index contributed by atoms with van der Waals surface area (Å²) >= 11 is 0. The van der Waals surface area contributed by atoms with Gasteiger partial charge in [0, 0.05) is 12.5 Å². The van der Waals surface area contributed by atoms with Crippen LogP contribution in [0.1, 0.15) is 50.9 Å². The van der Waals surface area contributed by atoms with E-state index >= 15 is 0 Å². The standard InChI is InChI=1S/C11H20N6O/c1-8(11-14-16-17-15-11)13-10(18)6-5-9-4-2-3-7-12-9/h8-9,12H,2-7H2,1H3,(H,13,18)(H,14,15,16,17). The molecule has 0 spiro atoms. The zero-order chi connectivity index (χ0) is 12.8. The second-order valence-electron chi connectivity index (χ2n) is 4.74. The summed E-state index contributed by atoms with van der Waals surface area (Å²) in [6, 6.07) is 0.292. The van der Waals surface area contributed by atoms with Gasteiger partial charge in [-0.05, 0) is 32.7 Å². The van der Waals surface area contributed by atoms with E-state index in [4.69, 9.17) is 0 Å². The van der Waals surface area contributed by atoms with Crippen LogP contribution in [0, 0.1) is 0 Å². The summed E-state index contributed by atoms with van der Waals surface area (Å²) in [6.07, 6.45) is 5.12. The highest BCUT2D eigenvalue weighted by molar-refractivity contribution is 5.76. The maximum absolute atomic E-state index is 11.8. The molecule has 1 amide bonds. The predicted molar refractivity (Wildman–Crippen MR) is 65.6 cm³/mol. The molecule has 0 aromatic carbocycles. The van der Waals surface area contributed by atoms with E-state index in [-0.39, 0.29) is 11.9 Å². The van der Waals surface area contributed by atoms with Gasteiger partial charge in [-0.1, -0.05) is 11.6 Å².